The van der Waals surface area contributed by atoms with E-state index in [1.54, 1.807) is 7.05 Å². The van der Waals surface area contributed by atoms with Crippen LogP contribution >= 0.6 is 0 Å². The summed E-state index contributed by atoms with van der Waals surface area (Å²) in [5.41, 5.74) is 5.70. The third-order valence-corrected chi connectivity index (χ3v) is 4.25. The van der Waals surface area contributed by atoms with E-state index in [1.807, 2.05) is 30.3 Å². The van der Waals surface area contributed by atoms with Gasteiger partial charge in [-0.25, -0.2) is 0 Å². The van der Waals surface area contributed by atoms with Gasteiger partial charge in [0, 0.05) is 13.0 Å². The van der Waals surface area contributed by atoms with Crippen LogP contribution in [0.2, 0.25) is 0 Å². The fourth-order valence-electron chi connectivity index (χ4n) is 2.96. The summed E-state index contributed by atoms with van der Waals surface area (Å²) in [5.74, 6) is -0.360. The van der Waals surface area contributed by atoms with Gasteiger partial charge in [0.25, 0.3) is 0 Å². The van der Waals surface area contributed by atoms with Crippen LogP contribution in [0.4, 0.5) is 0 Å². The summed E-state index contributed by atoms with van der Waals surface area (Å²) >= 11 is 0. The SMILES string of the molecule is CNC(CCOC1CCCC1)(C(N)=O)c1ccccc1. The average molecular weight is 276 g/mol. The normalized spacial score (nSPS) is 18.9. The Hall–Kier alpha value is -1.39. The molecule has 1 fully saturated rings. The Labute approximate surface area is 120 Å². The number of amides is 1. The number of nitrogens with two attached hydrogens (primary N) is 1. The summed E-state index contributed by atoms with van der Waals surface area (Å²) < 4.78 is 5.88. The average Bonchev–Trinajstić information content (AvgIpc) is 2.97. The van der Waals surface area contributed by atoms with Crippen molar-refractivity contribution in [3.8, 4) is 0 Å². The highest BCUT2D eigenvalue weighted by Crippen LogP contribution is 2.26. The molecule has 4 heteroatoms. The quantitative estimate of drug-likeness (QED) is 0.800. The maximum atomic E-state index is 12.0. The zero-order chi connectivity index (χ0) is 14.4. The van der Waals surface area contributed by atoms with Gasteiger partial charge in [-0.15, -0.1) is 0 Å². The summed E-state index contributed by atoms with van der Waals surface area (Å²) in [4.78, 5) is 12.0. The number of primary amides is 1. The molecule has 0 aliphatic heterocycles. The minimum absolute atomic E-state index is 0.355. The van der Waals surface area contributed by atoms with Crippen LogP contribution in [0.3, 0.4) is 0 Å². The summed E-state index contributed by atoms with van der Waals surface area (Å²) in [6.45, 7) is 0.545. The van der Waals surface area contributed by atoms with Crippen molar-refractivity contribution in [1.82, 2.24) is 5.32 Å². The first-order chi connectivity index (χ1) is 9.69. The Balaban J connectivity index is 2.05. The van der Waals surface area contributed by atoms with Crippen LogP contribution in [0, 0.1) is 0 Å². The van der Waals surface area contributed by atoms with Gasteiger partial charge in [0.1, 0.15) is 5.54 Å². The first-order valence-electron chi connectivity index (χ1n) is 7.35. The molecule has 0 spiro atoms. The van der Waals surface area contributed by atoms with Crippen LogP contribution in [0.1, 0.15) is 37.7 Å². The van der Waals surface area contributed by atoms with Crippen molar-refractivity contribution in [3.05, 3.63) is 35.9 Å². The van der Waals surface area contributed by atoms with Gasteiger partial charge in [-0.1, -0.05) is 43.2 Å². The molecule has 0 bridgehead atoms. The smallest absolute Gasteiger partial charge is 0.242 e. The van der Waals surface area contributed by atoms with Gasteiger partial charge >= 0.3 is 0 Å². The van der Waals surface area contributed by atoms with E-state index in [4.69, 9.17) is 10.5 Å². The number of rotatable bonds is 7. The van der Waals surface area contributed by atoms with Crippen LogP contribution in [-0.2, 0) is 15.1 Å². The summed E-state index contributed by atoms with van der Waals surface area (Å²) in [5, 5.41) is 3.10. The molecule has 0 saturated heterocycles. The third kappa shape index (κ3) is 3.19. The Kier molecular flexibility index (Phi) is 5.15. The Bertz CT molecular complexity index is 429. The van der Waals surface area contributed by atoms with Crippen molar-refractivity contribution in [3.63, 3.8) is 0 Å². The number of hydrogen-bond acceptors (Lipinski definition) is 3. The van der Waals surface area contributed by atoms with E-state index in [0.29, 0.717) is 19.1 Å². The molecule has 1 aromatic carbocycles. The molecule has 0 aromatic heterocycles. The standard InChI is InChI=1S/C16H24N2O2/c1-18-16(15(17)19,13-7-3-2-4-8-13)11-12-20-14-9-5-6-10-14/h2-4,7-8,14,18H,5-6,9-12H2,1H3,(H2,17,19). The number of hydrogen-bond donors (Lipinski definition) is 2. The molecular weight excluding hydrogens is 252 g/mol. The van der Waals surface area contributed by atoms with Gasteiger partial charge in [-0.05, 0) is 25.5 Å². The lowest BCUT2D eigenvalue weighted by atomic mass is 9.86. The van der Waals surface area contributed by atoms with E-state index >= 15 is 0 Å². The minimum Gasteiger partial charge on any atom is -0.378 e. The van der Waals surface area contributed by atoms with Crippen molar-refractivity contribution in [2.75, 3.05) is 13.7 Å². The topological polar surface area (TPSA) is 64.3 Å². The van der Waals surface area contributed by atoms with Crippen molar-refractivity contribution >= 4 is 5.91 Å². The van der Waals surface area contributed by atoms with Crippen molar-refractivity contribution in [2.45, 2.75) is 43.7 Å². The summed E-state index contributed by atoms with van der Waals surface area (Å²) in [6.07, 6.45) is 5.67. The highest BCUT2D eigenvalue weighted by molar-refractivity contribution is 5.86. The second-order valence-corrected chi connectivity index (χ2v) is 5.41. The molecule has 1 aromatic rings. The number of carbonyl (C=O) groups is 1. The second-order valence-electron chi connectivity index (χ2n) is 5.41. The highest BCUT2D eigenvalue weighted by atomic mass is 16.5. The molecule has 1 saturated carbocycles. The molecule has 1 unspecified atom stereocenters. The van der Waals surface area contributed by atoms with E-state index in [9.17, 15) is 4.79 Å². The molecule has 20 heavy (non-hydrogen) atoms. The van der Waals surface area contributed by atoms with Crippen LogP contribution in [-0.4, -0.2) is 25.7 Å². The van der Waals surface area contributed by atoms with E-state index in [0.717, 1.165) is 18.4 Å². The Morgan fingerprint density at radius 1 is 1.35 bits per heavy atom. The lowest BCUT2D eigenvalue weighted by Crippen LogP contribution is -2.52. The molecule has 4 nitrogen and oxygen atoms in total. The summed E-state index contributed by atoms with van der Waals surface area (Å²) in [6, 6.07) is 9.62. The molecule has 0 radical (unpaired) electrons. The first-order valence-corrected chi connectivity index (χ1v) is 7.35. The van der Waals surface area contributed by atoms with E-state index in [2.05, 4.69) is 5.32 Å². The van der Waals surface area contributed by atoms with Gasteiger partial charge < -0.3 is 15.8 Å². The lowest BCUT2D eigenvalue weighted by molar-refractivity contribution is -0.125. The molecular formula is C16H24N2O2. The minimum atomic E-state index is -0.847. The molecule has 3 N–H and O–H groups in total. The van der Waals surface area contributed by atoms with Crippen LogP contribution < -0.4 is 11.1 Å². The van der Waals surface area contributed by atoms with Gasteiger partial charge in [0.05, 0.1) is 6.10 Å². The largest absolute Gasteiger partial charge is 0.378 e. The van der Waals surface area contributed by atoms with E-state index in [1.165, 1.54) is 12.8 Å². The fourth-order valence-corrected chi connectivity index (χ4v) is 2.96. The maximum Gasteiger partial charge on any atom is 0.242 e. The fraction of sp³-hybridized carbons (Fsp3) is 0.562. The van der Waals surface area contributed by atoms with Crippen LogP contribution in [0.25, 0.3) is 0 Å². The Morgan fingerprint density at radius 3 is 2.55 bits per heavy atom. The molecule has 2 rings (SSSR count). The van der Waals surface area contributed by atoms with E-state index < -0.39 is 5.54 Å². The predicted molar refractivity (Wildman–Crippen MR) is 79.2 cm³/mol. The highest BCUT2D eigenvalue weighted by Gasteiger charge is 2.36. The van der Waals surface area contributed by atoms with Crippen LogP contribution in [0.15, 0.2) is 30.3 Å². The molecule has 1 aliphatic carbocycles. The molecule has 0 heterocycles. The van der Waals surface area contributed by atoms with Crippen molar-refractivity contribution < 1.29 is 9.53 Å². The monoisotopic (exact) mass is 276 g/mol. The third-order valence-electron chi connectivity index (χ3n) is 4.25. The summed E-state index contributed by atoms with van der Waals surface area (Å²) in [7, 11) is 1.77. The van der Waals surface area contributed by atoms with Crippen molar-refractivity contribution in [1.29, 1.82) is 0 Å². The molecule has 1 aliphatic rings. The lowest BCUT2D eigenvalue weighted by Gasteiger charge is -2.31. The van der Waals surface area contributed by atoms with E-state index in [-0.39, 0.29) is 5.91 Å². The van der Waals surface area contributed by atoms with Gasteiger partial charge in [0.2, 0.25) is 5.91 Å². The molecule has 110 valence electrons. The predicted octanol–water partition coefficient (Wildman–Crippen LogP) is 1.94. The number of ether oxygens (including phenoxy) is 1. The first kappa shape index (κ1) is 15.0. The second kappa shape index (κ2) is 6.86. The number of benzene rings is 1. The van der Waals surface area contributed by atoms with Gasteiger partial charge in [-0.2, -0.15) is 0 Å². The zero-order valence-corrected chi connectivity index (χ0v) is 12.1. The maximum absolute atomic E-state index is 12.0. The van der Waals surface area contributed by atoms with Gasteiger partial charge in [0.15, 0.2) is 0 Å². The number of carbonyl (C=O) groups excluding carboxylic acids is 1. The van der Waals surface area contributed by atoms with Gasteiger partial charge in [-0.3, -0.25) is 4.79 Å². The molecule has 1 amide bonds. The van der Waals surface area contributed by atoms with Crippen LogP contribution in [0.5, 0.6) is 0 Å². The number of nitrogens with one attached hydrogen (secondary N) is 1. The van der Waals surface area contributed by atoms with Crippen molar-refractivity contribution in [2.24, 2.45) is 5.73 Å². The number of likely N-dealkylation sites (N-methyl/N-ethyl adjacent to an activating group) is 1. The molecule has 1 atom stereocenters. The Morgan fingerprint density at radius 2 is 2.00 bits per heavy atom. The zero-order valence-electron chi connectivity index (χ0n) is 12.1.